The molecule has 0 saturated heterocycles. The van der Waals surface area contributed by atoms with Crippen LogP contribution in [0.25, 0.3) is 82.5 Å². The zero-order chi connectivity index (χ0) is 43.1. The van der Waals surface area contributed by atoms with Crippen LogP contribution in [0, 0.1) is 6.92 Å². The van der Waals surface area contributed by atoms with Crippen LogP contribution in [0.5, 0.6) is 0 Å². The number of hydrogen-bond donors (Lipinski definition) is 0. The molecule has 0 N–H and O–H groups in total. The van der Waals surface area contributed by atoms with Crippen molar-refractivity contribution in [3.63, 3.8) is 0 Å². The topological polar surface area (TPSA) is 14.8 Å². The molecule has 0 saturated carbocycles. The van der Waals surface area contributed by atoms with E-state index >= 15 is 0 Å². The second-order valence-electron chi connectivity index (χ2n) is 17.4. The van der Waals surface area contributed by atoms with Crippen molar-refractivity contribution in [2.75, 3.05) is 0 Å². The van der Waals surface area contributed by atoms with Gasteiger partial charge in [-0.2, -0.15) is 0 Å². The summed E-state index contributed by atoms with van der Waals surface area (Å²) < 4.78 is 7.34. The minimum absolute atomic E-state index is 1.13. The SMILES string of the molecule is Cc1ccc2c(c1)c1ccccc1n2-c1ccc2c(c1)c1ccccc1n2-c1ccc2c3ccccc3n(-c3ccc([Si](c4ccccc4)(c4ccccc4)c4ccccc4)cc3)c2c1. The molecule has 0 fully saturated rings. The van der Waals surface area contributed by atoms with Gasteiger partial charge in [-0.3, -0.25) is 0 Å². The van der Waals surface area contributed by atoms with Crippen LogP contribution in [0.2, 0.25) is 0 Å². The highest BCUT2D eigenvalue weighted by atomic mass is 28.3. The summed E-state index contributed by atoms with van der Waals surface area (Å²) in [6, 6.07) is 90.3. The molecule has 0 bridgehead atoms. The van der Waals surface area contributed by atoms with Gasteiger partial charge in [-0.25, -0.2) is 0 Å². The van der Waals surface area contributed by atoms with E-state index in [9.17, 15) is 0 Å². The maximum absolute atomic E-state index is 2.68. The Morgan fingerprint density at radius 2 is 0.600 bits per heavy atom. The Morgan fingerprint density at radius 1 is 0.246 bits per heavy atom. The molecule has 0 amide bonds. The fourth-order valence-corrected chi connectivity index (χ4v) is 15.8. The molecule has 4 heteroatoms. The molecule has 0 unspecified atom stereocenters. The van der Waals surface area contributed by atoms with Gasteiger partial charge in [0.05, 0.1) is 33.1 Å². The molecule has 13 aromatic rings. The molecule has 13 rings (SSSR count). The Labute approximate surface area is 378 Å². The fourth-order valence-electron chi connectivity index (χ4n) is 11.0. The van der Waals surface area contributed by atoms with E-state index in [2.05, 4.69) is 263 Å². The van der Waals surface area contributed by atoms with E-state index in [1.54, 1.807) is 0 Å². The lowest BCUT2D eigenvalue weighted by atomic mass is 10.1. The predicted octanol–water partition coefficient (Wildman–Crippen LogP) is 12.7. The minimum Gasteiger partial charge on any atom is -0.309 e. The van der Waals surface area contributed by atoms with Gasteiger partial charge in [-0.1, -0.05) is 175 Å². The van der Waals surface area contributed by atoms with E-state index in [0.717, 1.165) is 17.1 Å². The highest BCUT2D eigenvalue weighted by Crippen LogP contribution is 2.39. The van der Waals surface area contributed by atoms with Gasteiger partial charge < -0.3 is 13.7 Å². The van der Waals surface area contributed by atoms with E-state index in [1.807, 2.05) is 0 Å². The number of nitrogens with zero attached hydrogens (tertiary/aromatic N) is 3. The first-order valence-electron chi connectivity index (χ1n) is 22.5. The quantitative estimate of drug-likeness (QED) is 0.112. The van der Waals surface area contributed by atoms with E-state index in [0.29, 0.717) is 0 Å². The lowest BCUT2D eigenvalue weighted by molar-refractivity contribution is 1.15. The molecule has 0 aliphatic rings. The molecule has 0 radical (unpaired) electrons. The monoisotopic (exact) mass is 845 g/mol. The van der Waals surface area contributed by atoms with Crippen LogP contribution >= 0.6 is 0 Å². The number of fused-ring (bicyclic) bond motifs is 9. The first-order chi connectivity index (χ1) is 32.2. The van der Waals surface area contributed by atoms with Crippen molar-refractivity contribution in [3.8, 4) is 17.1 Å². The molecule has 3 heterocycles. The largest absolute Gasteiger partial charge is 0.309 e. The van der Waals surface area contributed by atoms with Crippen LogP contribution < -0.4 is 20.7 Å². The van der Waals surface area contributed by atoms with Gasteiger partial charge in [0.2, 0.25) is 0 Å². The van der Waals surface area contributed by atoms with Crippen molar-refractivity contribution in [1.29, 1.82) is 0 Å². The highest BCUT2D eigenvalue weighted by molar-refractivity contribution is 7.19. The Hall–Kier alpha value is -8.18. The minimum atomic E-state index is -2.68. The zero-order valence-electron chi connectivity index (χ0n) is 35.9. The molecule has 3 nitrogen and oxygen atoms in total. The van der Waals surface area contributed by atoms with Crippen molar-refractivity contribution in [2.45, 2.75) is 6.92 Å². The lowest BCUT2D eigenvalue weighted by Crippen LogP contribution is -2.74. The maximum Gasteiger partial charge on any atom is 0.179 e. The van der Waals surface area contributed by atoms with Crippen LogP contribution in [0.4, 0.5) is 0 Å². The molecular weight excluding hydrogens is 803 g/mol. The normalized spacial score (nSPS) is 12.1. The average molecular weight is 846 g/mol. The number of aryl methyl sites for hydroxylation is 1. The molecule has 3 aromatic heterocycles. The number of benzene rings is 10. The van der Waals surface area contributed by atoms with Crippen molar-refractivity contribution < 1.29 is 0 Å². The molecular formula is C61H43N3Si. The summed E-state index contributed by atoms with van der Waals surface area (Å²) in [5.41, 5.74) is 11.9. The Morgan fingerprint density at radius 3 is 1.14 bits per heavy atom. The predicted molar refractivity (Wildman–Crippen MR) is 278 cm³/mol. The number of hydrogen-bond acceptors (Lipinski definition) is 0. The van der Waals surface area contributed by atoms with Gasteiger partial charge >= 0.3 is 0 Å². The molecule has 0 aliphatic heterocycles. The third-order valence-electron chi connectivity index (χ3n) is 13.8. The van der Waals surface area contributed by atoms with Crippen LogP contribution in [0.1, 0.15) is 5.56 Å². The molecule has 0 spiro atoms. The smallest absolute Gasteiger partial charge is 0.179 e. The van der Waals surface area contributed by atoms with Crippen LogP contribution in [0.3, 0.4) is 0 Å². The van der Waals surface area contributed by atoms with Crippen molar-refractivity contribution in [3.05, 3.63) is 248 Å². The van der Waals surface area contributed by atoms with E-state index < -0.39 is 8.07 Å². The van der Waals surface area contributed by atoms with Gasteiger partial charge in [-0.15, -0.1) is 0 Å². The number of aromatic nitrogens is 3. The third kappa shape index (κ3) is 5.61. The van der Waals surface area contributed by atoms with Gasteiger partial charge in [0.1, 0.15) is 0 Å². The Balaban J connectivity index is 1.000. The fraction of sp³-hybridized carbons (Fsp3) is 0.0164. The van der Waals surface area contributed by atoms with Crippen LogP contribution in [0.15, 0.2) is 243 Å². The third-order valence-corrected chi connectivity index (χ3v) is 18.6. The maximum atomic E-state index is 2.46. The van der Waals surface area contributed by atoms with Gasteiger partial charge in [0.25, 0.3) is 0 Å². The summed E-state index contributed by atoms with van der Waals surface area (Å²) >= 11 is 0. The van der Waals surface area contributed by atoms with Gasteiger partial charge in [0, 0.05) is 49.4 Å². The second kappa shape index (κ2) is 14.7. The summed E-state index contributed by atoms with van der Waals surface area (Å²) in [5.74, 6) is 0. The second-order valence-corrected chi connectivity index (χ2v) is 21.2. The summed E-state index contributed by atoms with van der Waals surface area (Å²) in [6.07, 6.45) is 0. The van der Waals surface area contributed by atoms with Gasteiger partial charge in [-0.05, 0) is 100 Å². The molecule has 10 aromatic carbocycles. The van der Waals surface area contributed by atoms with Crippen LogP contribution in [-0.4, -0.2) is 21.8 Å². The van der Waals surface area contributed by atoms with Crippen molar-refractivity contribution >= 4 is 94.2 Å². The molecule has 0 atom stereocenters. The zero-order valence-corrected chi connectivity index (χ0v) is 36.9. The summed E-state index contributed by atoms with van der Waals surface area (Å²) in [4.78, 5) is 0. The Kier molecular flexibility index (Phi) is 8.45. The number of para-hydroxylation sites is 3. The Bertz CT molecular complexity index is 3840. The average Bonchev–Trinajstić information content (AvgIpc) is 4.00. The lowest BCUT2D eigenvalue weighted by Gasteiger charge is -2.34. The van der Waals surface area contributed by atoms with Crippen LogP contribution in [-0.2, 0) is 0 Å². The molecule has 65 heavy (non-hydrogen) atoms. The molecule has 0 aliphatic carbocycles. The summed E-state index contributed by atoms with van der Waals surface area (Å²) in [5, 5.41) is 13.0. The molecule has 306 valence electrons. The van der Waals surface area contributed by atoms with E-state index in [-0.39, 0.29) is 0 Å². The summed E-state index contributed by atoms with van der Waals surface area (Å²) in [7, 11) is -2.68. The van der Waals surface area contributed by atoms with Crippen molar-refractivity contribution in [1.82, 2.24) is 13.7 Å². The number of rotatable bonds is 7. The first-order valence-corrected chi connectivity index (χ1v) is 24.5. The highest BCUT2D eigenvalue weighted by Gasteiger charge is 2.41. The van der Waals surface area contributed by atoms with E-state index in [1.165, 1.54) is 91.7 Å². The standard InChI is InChI=1S/C61H43N3Si/c1-42-29-37-59-54(39-42)51-24-12-15-27-57(51)63(59)44-33-38-60-55(40-44)52-25-13-16-28-58(52)64(60)45-32-36-53-50-23-11-14-26-56(50)62(61(53)41-45)43-30-34-49(35-31-43)65(46-17-5-2-6-18-46,47-19-7-3-8-20-47)48-21-9-4-10-22-48/h2-41H,1H3. The summed E-state index contributed by atoms with van der Waals surface area (Å²) in [6.45, 7) is 2.18. The van der Waals surface area contributed by atoms with E-state index in [4.69, 9.17) is 0 Å². The van der Waals surface area contributed by atoms with Crippen molar-refractivity contribution in [2.24, 2.45) is 0 Å². The first kappa shape index (κ1) is 37.4. The van der Waals surface area contributed by atoms with Gasteiger partial charge in [0.15, 0.2) is 8.07 Å².